The van der Waals surface area contributed by atoms with Crippen LogP contribution in [0, 0.1) is 0 Å². The lowest BCUT2D eigenvalue weighted by Crippen LogP contribution is -2.15. The molecule has 1 atom stereocenters. The van der Waals surface area contributed by atoms with Gasteiger partial charge in [0.1, 0.15) is 5.58 Å². The number of benzene rings is 1. The first-order chi connectivity index (χ1) is 9.56. The number of phenolic OH excluding ortho intramolecular Hbond substituents is 1. The summed E-state index contributed by atoms with van der Waals surface area (Å²) >= 11 is 0. The molecule has 0 radical (unpaired) electrons. The van der Waals surface area contributed by atoms with E-state index in [9.17, 15) is 14.5 Å². The number of phenols is 1. The standard InChI is InChI=1S/C13H11O6P/c14-10-6-11-9(5-12(10)19-20(16)17)7-3-1-2-4-8(7)13(15)18-11/h5-6H,1-4H2,(H-,14,15,16,17)/p+1. The minimum Gasteiger partial charge on any atom is -0.504 e. The fourth-order valence-corrected chi connectivity index (χ4v) is 2.93. The van der Waals surface area contributed by atoms with Crippen LogP contribution in [0.15, 0.2) is 21.3 Å². The van der Waals surface area contributed by atoms with Gasteiger partial charge in [0.05, 0.1) is 0 Å². The topological polar surface area (TPSA) is 97.0 Å². The summed E-state index contributed by atoms with van der Waals surface area (Å²) in [4.78, 5) is 20.7. The van der Waals surface area contributed by atoms with Gasteiger partial charge in [-0.3, -0.25) is 0 Å². The summed E-state index contributed by atoms with van der Waals surface area (Å²) in [7, 11) is -2.87. The van der Waals surface area contributed by atoms with Crippen LogP contribution in [0.4, 0.5) is 0 Å². The Kier molecular flexibility index (Phi) is 3.20. The predicted octanol–water partition coefficient (Wildman–Crippen LogP) is 2.41. The van der Waals surface area contributed by atoms with E-state index < -0.39 is 8.25 Å². The molecule has 0 spiro atoms. The van der Waals surface area contributed by atoms with E-state index in [1.165, 1.54) is 12.1 Å². The van der Waals surface area contributed by atoms with Crippen molar-refractivity contribution in [3.8, 4) is 11.5 Å². The zero-order chi connectivity index (χ0) is 14.3. The summed E-state index contributed by atoms with van der Waals surface area (Å²) in [6.45, 7) is 0. The normalized spacial score (nSPS) is 14.9. The van der Waals surface area contributed by atoms with E-state index >= 15 is 0 Å². The van der Waals surface area contributed by atoms with Crippen LogP contribution >= 0.6 is 8.25 Å². The van der Waals surface area contributed by atoms with Gasteiger partial charge in [-0.2, -0.15) is 0 Å². The highest BCUT2D eigenvalue weighted by Gasteiger charge is 2.23. The molecule has 2 aromatic rings. The van der Waals surface area contributed by atoms with Gasteiger partial charge in [0.25, 0.3) is 0 Å². The van der Waals surface area contributed by atoms with E-state index in [4.69, 9.17) is 9.31 Å². The third kappa shape index (κ3) is 2.17. The zero-order valence-corrected chi connectivity index (χ0v) is 11.4. The summed E-state index contributed by atoms with van der Waals surface area (Å²) in [5, 5.41) is 10.4. The fraction of sp³-hybridized carbons (Fsp3) is 0.308. The second-order valence-electron chi connectivity index (χ2n) is 4.70. The van der Waals surface area contributed by atoms with Crippen molar-refractivity contribution in [2.75, 3.05) is 0 Å². The Hall–Kier alpha value is -1.91. The van der Waals surface area contributed by atoms with E-state index in [2.05, 4.69) is 4.52 Å². The van der Waals surface area contributed by atoms with Crippen molar-refractivity contribution in [3.63, 3.8) is 0 Å². The molecule has 0 amide bonds. The molecular formula is C13H12O6P+. The molecule has 1 unspecified atom stereocenters. The van der Waals surface area contributed by atoms with Crippen LogP contribution in [-0.2, 0) is 17.4 Å². The van der Waals surface area contributed by atoms with Gasteiger partial charge in [0, 0.05) is 27.6 Å². The number of hydrogen-bond acceptors (Lipinski definition) is 5. The van der Waals surface area contributed by atoms with Gasteiger partial charge < -0.3 is 9.52 Å². The fourth-order valence-electron chi connectivity index (χ4n) is 2.62. The Labute approximate surface area is 114 Å². The summed E-state index contributed by atoms with van der Waals surface area (Å²) in [6.07, 6.45) is 3.32. The van der Waals surface area contributed by atoms with Gasteiger partial charge in [-0.05, 0) is 31.2 Å². The van der Waals surface area contributed by atoms with Crippen molar-refractivity contribution < 1.29 is 23.5 Å². The first-order valence-corrected chi connectivity index (χ1v) is 7.35. The lowest BCUT2D eigenvalue weighted by Gasteiger charge is -2.16. The summed E-state index contributed by atoms with van der Waals surface area (Å²) in [5.41, 5.74) is 1.40. The van der Waals surface area contributed by atoms with Crippen molar-refractivity contribution in [1.29, 1.82) is 0 Å². The van der Waals surface area contributed by atoms with E-state index in [-0.39, 0.29) is 22.7 Å². The van der Waals surface area contributed by atoms with Crippen LogP contribution in [0.2, 0.25) is 0 Å². The highest BCUT2D eigenvalue weighted by atomic mass is 31.1. The van der Waals surface area contributed by atoms with Crippen molar-refractivity contribution in [2.24, 2.45) is 0 Å². The number of aryl methyl sites for hydroxylation is 1. The van der Waals surface area contributed by atoms with E-state index in [1.807, 2.05) is 0 Å². The van der Waals surface area contributed by atoms with Gasteiger partial charge in [-0.1, -0.05) is 0 Å². The molecule has 1 heterocycles. The number of rotatable bonds is 2. The smallest absolute Gasteiger partial charge is 0.504 e. The lowest BCUT2D eigenvalue weighted by atomic mass is 9.90. The van der Waals surface area contributed by atoms with Gasteiger partial charge in [-0.15, -0.1) is 4.89 Å². The Morgan fingerprint density at radius 2 is 1.90 bits per heavy atom. The van der Waals surface area contributed by atoms with Gasteiger partial charge in [0.2, 0.25) is 5.75 Å². The van der Waals surface area contributed by atoms with Crippen molar-refractivity contribution in [1.82, 2.24) is 0 Å². The van der Waals surface area contributed by atoms with Crippen LogP contribution in [0.25, 0.3) is 11.0 Å². The van der Waals surface area contributed by atoms with Gasteiger partial charge in [0.15, 0.2) is 5.75 Å². The van der Waals surface area contributed by atoms with E-state index in [1.54, 1.807) is 0 Å². The second-order valence-corrected chi connectivity index (χ2v) is 5.36. The quantitative estimate of drug-likeness (QED) is 0.652. The van der Waals surface area contributed by atoms with Crippen LogP contribution in [0.1, 0.15) is 24.0 Å². The van der Waals surface area contributed by atoms with E-state index in [0.717, 1.165) is 24.8 Å². The Bertz CT molecular complexity index is 764. The van der Waals surface area contributed by atoms with Crippen LogP contribution in [0.5, 0.6) is 11.5 Å². The SMILES string of the molecule is O=c1oc2cc(O)c(O[P+](=O)O)cc2c2c1CCCC2. The zero-order valence-electron chi connectivity index (χ0n) is 10.5. The number of hydrogen-bond donors (Lipinski definition) is 2. The highest BCUT2D eigenvalue weighted by Crippen LogP contribution is 2.38. The Morgan fingerprint density at radius 1 is 1.20 bits per heavy atom. The van der Waals surface area contributed by atoms with Crippen molar-refractivity contribution >= 4 is 19.2 Å². The summed E-state index contributed by atoms with van der Waals surface area (Å²) in [6, 6.07) is 2.68. The average Bonchev–Trinajstić information content (AvgIpc) is 2.40. The molecule has 0 saturated carbocycles. The molecule has 7 heteroatoms. The maximum atomic E-state index is 11.9. The van der Waals surface area contributed by atoms with Crippen LogP contribution < -0.4 is 10.1 Å². The molecule has 1 aromatic heterocycles. The first kappa shape index (κ1) is 13.1. The third-order valence-corrected chi connectivity index (χ3v) is 3.83. The number of aromatic hydroxyl groups is 1. The molecule has 1 aromatic carbocycles. The largest absolute Gasteiger partial charge is 0.747 e. The molecule has 3 rings (SSSR count). The molecule has 20 heavy (non-hydrogen) atoms. The summed E-state index contributed by atoms with van der Waals surface area (Å²) in [5.74, 6) is -0.434. The van der Waals surface area contributed by atoms with Crippen LogP contribution in [0.3, 0.4) is 0 Å². The van der Waals surface area contributed by atoms with Crippen LogP contribution in [-0.4, -0.2) is 10.00 Å². The maximum Gasteiger partial charge on any atom is 0.747 e. The molecule has 0 saturated heterocycles. The lowest BCUT2D eigenvalue weighted by molar-refractivity contribution is 0.389. The molecule has 0 bridgehead atoms. The molecule has 1 aliphatic carbocycles. The Morgan fingerprint density at radius 3 is 2.60 bits per heavy atom. The summed E-state index contributed by atoms with van der Waals surface area (Å²) < 4.78 is 20.6. The minimum atomic E-state index is -2.87. The third-order valence-electron chi connectivity index (χ3n) is 3.48. The molecule has 2 N–H and O–H groups in total. The van der Waals surface area contributed by atoms with Gasteiger partial charge in [-0.25, -0.2) is 9.32 Å². The Balaban J connectivity index is 2.28. The molecule has 104 valence electrons. The van der Waals surface area contributed by atoms with Crippen molar-refractivity contribution in [2.45, 2.75) is 25.7 Å². The number of fused-ring (bicyclic) bond motifs is 3. The molecule has 6 nitrogen and oxygen atoms in total. The highest BCUT2D eigenvalue weighted by molar-refractivity contribution is 7.32. The average molecular weight is 295 g/mol. The molecular weight excluding hydrogens is 283 g/mol. The molecule has 1 aliphatic rings. The van der Waals surface area contributed by atoms with E-state index in [0.29, 0.717) is 17.4 Å². The predicted molar refractivity (Wildman–Crippen MR) is 71.2 cm³/mol. The monoisotopic (exact) mass is 295 g/mol. The van der Waals surface area contributed by atoms with Crippen molar-refractivity contribution in [3.05, 3.63) is 33.7 Å². The first-order valence-electron chi connectivity index (χ1n) is 6.22. The molecule has 0 fully saturated rings. The maximum absolute atomic E-state index is 11.9. The minimum absolute atomic E-state index is 0.0947. The second kappa shape index (κ2) is 4.89. The van der Waals surface area contributed by atoms with Gasteiger partial charge >= 0.3 is 13.9 Å². The molecule has 0 aliphatic heterocycles.